The predicted octanol–water partition coefficient (Wildman–Crippen LogP) is 3.57. The van der Waals surface area contributed by atoms with E-state index in [4.69, 9.17) is 4.74 Å². The molecule has 0 fully saturated rings. The molecule has 1 aromatic carbocycles. The van der Waals surface area contributed by atoms with E-state index >= 15 is 0 Å². The second-order valence-electron chi connectivity index (χ2n) is 4.29. The van der Waals surface area contributed by atoms with E-state index in [1.54, 1.807) is 24.4 Å². The number of carbonyl (C=O) groups excluding carboxylic acids is 1. The van der Waals surface area contributed by atoms with Gasteiger partial charge in [-0.2, -0.15) is 0 Å². The van der Waals surface area contributed by atoms with Gasteiger partial charge >= 0.3 is 5.97 Å². The first kappa shape index (κ1) is 13.9. The molecule has 4 heteroatoms. The fourth-order valence-corrected chi connectivity index (χ4v) is 1.85. The molecule has 0 aliphatic rings. The summed E-state index contributed by atoms with van der Waals surface area (Å²) in [4.78, 5) is 15.7. The van der Waals surface area contributed by atoms with Gasteiger partial charge in [-0.3, -0.25) is 4.98 Å². The summed E-state index contributed by atoms with van der Waals surface area (Å²) in [5, 5.41) is 0. The molecule has 0 spiro atoms. The van der Waals surface area contributed by atoms with E-state index < -0.39 is 5.97 Å². The maximum atomic E-state index is 12.9. The summed E-state index contributed by atoms with van der Waals surface area (Å²) >= 11 is 0. The Morgan fingerprint density at radius 1 is 1.25 bits per heavy atom. The van der Waals surface area contributed by atoms with Gasteiger partial charge in [-0.1, -0.05) is 12.1 Å². The molecule has 0 unspecified atom stereocenters. The lowest BCUT2D eigenvalue weighted by atomic mass is 10.0. The Bertz CT molecular complexity index is 648. The second-order valence-corrected chi connectivity index (χ2v) is 4.29. The SMILES string of the molecule is COC(=O)c1ccncc1/C=C(\C)c1ccc(F)cc1. The van der Waals surface area contributed by atoms with E-state index in [1.807, 2.05) is 13.0 Å². The first-order valence-corrected chi connectivity index (χ1v) is 6.08. The van der Waals surface area contributed by atoms with Crippen LogP contribution in [0.25, 0.3) is 11.6 Å². The quantitative estimate of drug-likeness (QED) is 0.801. The molecule has 2 aromatic rings. The van der Waals surface area contributed by atoms with Gasteiger partial charge < -0.3 is 4.74 Å². The summed E-state index contributed by atoms with van der Waals surface area (Å²) < 4.78 is 17.6. The van der Waals surface area contributed by atoms with E-state index in [1.165, 1.54) is 25.4 Å². The molecule has 0 aliphatic heterocycles. The number of hydrogen-bond donors (Lipinski definition) is 0. The zero-order valence-corrected chi connectivity index (χ0v) is 11.3. The maximum absolute atomic E-state index is 12.9. The third-order valence-electron chi connectivity index (χ3n) is 2.93. The van der Waals surface area contributed by atoms with Crippen molar-refractivity contribution >= 4 is 17.6 Å². The minimum Gasteiger partial charge on any atom is -0.465 e. The topological polar surface area (TPSA) is 39.2 Å². The molecule has 3 nitrogen and oxygen atoms in total. The highest BCUT2D eigenvalue weighted by Gasteiger charge is 2.10. The molecule has 2 rings (SSSR count). The number of nitrogens with zero attached hydrogens (tertiary/aromatic N) is 1. The van der Waals surface area contributed by atoms with Crippen LogP contribution in [0.1, 0.15) is 28.4 Å². The van der Waals surface area contributed by atoms with Crippen LogP contribution in [0, 0.1) is 5.82 Å². The number of benzene rings is 1. The highest BCUT2D eigenvalue weighted by Crippen LogP contribution is 2.20. The lowest BCUT2D eigenvalue weighted by molar-refractivity contribution is 0.0600. The predicted molar refractivity (Wildman–Crippen MR) is 75.5 cm³/mol. The van der Waals surface area contributed by atoms with Gasteiger partial charge in [-0.15, -0.1) is 0 Å². The normalized spacial score (nSPS) is 11.2. The van der Waals surface area contributed by atoms with Crippen LogP contribution in [0.3, 0.4) is 0 Å². The highest BCUT2D eigenvalue weighted by atomic mass is 19.1. The van der Waals surface area contributed by atoms with E-state index in [2.05, 4.69) is 4.98 Å². The van der Waals surface area contributed by atoms with Gasteiger partial charge in [0.05, 0.1) is 12.7 Å². The number of pyridine rings is 1. The summed E-state index contributed by atoms with van der Waals surface area (Å²) in [5.41, 5.74) is 2.90. The van der Waals surface area contributed by atoms with Crippen LogP contribution in [0.15, 0.2) is 42.7 Å². The molecule has 0 saturated carbocycles. The molecule has 0 radical (unpaired) electrons. The van der Waals surface area contributed by atoms with Gasteiger partial charge in [-0.05, 0) is 42.3 Å². The third-order valence-corrected chi connectivity index (χ3v) is 2.93. The van der Waals surface area contributed by atoms with Crippen molar-refractivity contribution in [2.75, 3.05) is 7.11 Å². The molecule has 20 heavy (non-hydrogen) atoms. The Morgan fingerprint density at radius 3 is 2.60 bits per heavy atom. The minimum absolute atomic E-state index is 0.279. The van der Waals surface area contributed by atoms with Crippen LogP contribution in [0.4, 0.5) is 4.39 Å². The number of ether oxygens (including phenoxy) is 1. The van der Waals surface area contributed by atoms with E-state index in [0.717, 1.165) is 11.1 Å². The highest BCUT2D eigenvalue weighted by molar-refractivity contribution is 5.95. The number of allylic oxidation sites excluding steroid dienone is 1. The Morgan fingerprint density at radius 2 is 1.95 bits per heavy atom. The summed E-state index contributed by atoms with van der Waals surface area (Å²) in [7, 11) is 1.34. The first-order valence-electron chi connectivity index (χ1n) is 6.08. The zero-order valence-electron chi connectivity index (χ0n) is 11.3. The summed E-state index contributed by atoms with van der Waals surface area (Å²) in [6, 6.07) is 7.79. The van der Waals surface area contributed by atoms with Crippen molar-refractivity contribution < 1.29 is 13.9 Å². The van der Waals surface area contributed by atoms with E-state index in [-0.39, 0.29) is 5.82 Å². The molecule has 102 valence electrons. The first-order chi connectivity index (χ1) is 9.61. The standard InChI is InChI=1S/C16H14FNO2/c1-11(12-3-5-14(17)6-4-12)9-13-10-18-8-7-15(13)16(19)20-2/h3-10H,1-2H3/b11-9+. The number of esters is 1. The van der Waals surface area contributed by atoms with Gasteiger partial charge in [0.15, 0.2) is 0 Å². The van der Waals surface area contributed by atoms with Gasteiger partial charge in [0.1, 0.15) is 5.82 Å². The van der Waals surface area contributed by atoms with Gasteiger partial charge in [-0.25, -0.2) is 9.18 Å². The smallest absolute Gasteiger partial charge is 0.338 e. The van der Waals surface area contributed by atoms with E-state index in [9.17, 15) is 9.18 Å². The molecule has 0 amide bonds. The summed E-state index contributed by atoms with van der Waals surface area (Å²) in [6.45, 7) is 1.89. The van der Waals surface area contributed by atoms with Crippen molar-refractivity contribution in [2.24, 2.45) is 0 Å². The zero-order chi connectivity index (χ0) is 14.5. The maximum Gasteiger partial charge on any atom is 0.338 e. The van der Waals surface area contributed by atoms with Crippen molar-refractivity contribution in [1.29, 1.82) is 0 Å². The van der Waals surface area contributed by atoms with Crippen molar-refractivity contribution in [1.82, 2.24) is 4.98 Å². The summed E-state index contributed by atoms with van der Waals surface area (Å²) in [5.74, 6) is -0.691. The van der Waals surface area contributed by atoms with Crippen LogP contribution >= 0.6 is 0 Å². The van der Waals surface area contributed by atoms with Crippen LogP contribution < -0.4 is 0 Å². The monoisotopic (exact) mass is 271 g/mol. The number of carbonyl (C=O) groups is 1. The molecule has 1 aromatic heterocycles. The Balaban J connectivity index is 2.39. The molecule has 1 heterocycles. The molecule has 0 N–H and O–H groups in total. The van der Waals surface area contributed by atoms with Crippen molar-refractivity contribution in [3.63, 3.8) is 0 Å². The fourth-order valence-electron chi connectivity index (χ4n) is 1.85. The molecular weight excluding hydrogens is 257 g/mol. The summed E-state index contributed by atoms with van der Waals surface area (Å²) in [6.07, 6.45) is 4.96. The lowest BCUT2D eigenvalue weighted by Crippen LogP contribution is -2.04. The van der Waals surface area contributed by atoms with Crippen molar-refractivity contribution in [2.45, 2.75) is 6.92 Å². The van der Waals surface area contributed by atoms with Crippen molar-refractivity contribution in [3.05, 3.63) is 65.2 Å². The van der Waals surface area contributed by atoms with Crippen molar-refractivity contribution in [3.8, 4) is 0 Å². The minimum atomic E-state index is -0.412. The average molecular weight is 271 g/mol. The van der Waals surface area contributed by atoms with Crippen LogP contribution in [-0.2, 0) is 4.74 Å². The van der Waals surface area contributed by atoms with Gasteiger partial charge in [0.25, 0.3) is 0 Å². The van der Waals surface area contributed by atoms with Crippen LogP contribution in [0.5, 0.6) is 0 Å². The van der Waals surface area contributed by atoms with Gasteiger partial charge in [0.2, 0.25) is 0 Å². The third kappa shape index (κ3) is 3.09. The average Bonchev–Trinajstić information content (AvgIpc) is 2.47. The second kappa shape index (κ2) is 6.10. The van der Waals surface area contributed by atoms with Gasteiger partial charge in [0, 0.05) is 18.0 Å². The largest absolute Gasteiger partial charge is 0.465 e. The molecule has 0 aliphatic carbocycles. The fraction of sp³-hybridized carbons (Fsp3) is 0.125. The van der Waals surface area contributed by atoms with E-state index in [0.29, 0.717) is 11.1 Å². The molecule has 0 saturated heterocycles. The Hall–Kier alpha value is -2.49. The molecule has 0 bridgehead atoms. The number of hydrogen-bond acceptors (Lipinski definition) is 3. The number of rotatable bonds is 3. The molecular formula is C16H14FNO2. The Kier molecular flexibility index (Phi) is 4.25. The number of aromatic nitrogens is 1. The Labute approximate surface area is 116 Å². The van der Waals surface area contributed by atoms with Crippen LogP contribution in [0.2, 0.25) is 0 Å². The van der Waals surface area contributed by atoms with Crippen LogP contribution in [-0.4, -0.2) is 18.1 Å². The number of halogens is 1. The molecule has 0 atom stereocenters. The number of methoxy groups -OCH3 is 1. The lowest BCUT2D eigenvalue weighted by Gasteiger charge is -2.06.